The van der Waals surface area contributed by atoms with Gasteiger partial charge in [-0.15, -0.1) is 0 Å². The first kappa shape index (κ1) is 9.55. The van der Waals surface area contributed by atoms with Crippen LogP contribution in [-0.4, -0.2) is 11.5 Å². The van der Waals surface area contributed by atoms with Crippen molar-refractivity contribution in [3.63, 3.8) is 0 Å². The number of halogens is 1. The van der Waals surface area contributed by atoms with Gasteiger partial charge in [-0.05, 0) is 30.4 Å². The summed E-state index contributed by atoms with van der Waals surface area (Å²) in [7, 11) is 0. The molecular weight excluding hydrogens is 222 g/mol. The average Bonchev–Trinajstić information content (AvgIpc) is 2.31. The van der Waals surface area contributed by atoms with E-state index in [0.717, 1.165) is 11.4 Å². The Hall–Kier alpha value is -1.67. The van der Waals surface area contributed by atoms with Gasteiger partial charge in [-0.25, -0.2) is 0 Å². The minimum atomic E-state index is -0.313. The smallest absolute Gasteiger partial charge is 0.177 e. The van der Waals surface area contributed by atoms with Crippen LogP contribution in [0.15, 0.2) is 52.5 Å². The number of carbonyl (C=O) groups excluding carboxylic acids is 1. The highest BCUT2D eigenvalue weighted by Crippen LogP contribution is 2.32. The number of hydrogen-bond donors (Lipinski definition) is 0. The molecule has 1 unspecified atom stereocenters. The van der Waals surface area contributed by atoms with E-state index in [2.05, 4.69) is 4.99 Å². The number of fused-ring (bicyclic) bond motifs is 2. The molecule has 78 valence electrons. The van der Waals surface area contributed by atoms with Crippen LogP contribution in [0.2, 0.25) is 0 Å². The molecule has 0 amide bonds. The lowest BCUT2D eigenvalue weighted by Crippen LogP contribution is -2.26. The fourth-order valence-electron chi connectivity index (χ4n) is 1.97. The number of para-hydroxylation sites is 1. The van der Waals surface area contributed by atoms with Crippen molar-refractivity contribution in [1.29, 1.82) is 0 Å². The van der Waals surface area contributed by atoms with Gasteiger partial charge in [-0.2, -0.15) is 0 Å². The lowest BCUT2D eigenvalue weighted by molar-refractivity contribution is 0.0971. The minimum Gasteiger partial charge on any atom is -0.293 e. The Morgan fingerprint density at radius 3 is 2.88 bits per heavy atom. The third-order valence-electron chi connectivity index (χ3n) is 2.76. The van der Waals surface area contributed by atoms with Gasteiger partial charge in [0.05, 0.1) is 17.3 Å². The number of hydrogen-bond acceptors (Lipinski definition) is 2. The van der Waals surface area contributed by atoms with Crippen LogP contribution in [0.4, 0.5) is 5.69 Å². The van der Waals surface area contributed by atoms with Crippen LogP contribution < -0.4 is 0 Å². The van der Waals surface area contributed by atoms with Crippen molar-refractivity contribution in [1.82, 2.24) is 0 Å². The number of allylic oxidation sites excluding steroid dienone is 4. The van der Waals surface area contributed by atoms with Gasteiger partial charge in [0, 0.05) is 10.6 Å². The molecule has 0 bridgehead atoms. The molecule has 2 aliphatic rings. The molecule has 2 nitrogen and oxygen atoms in total. The fraction of sp³-hybridized carbons (Fsp3) is 0.0769. The second-order valence-electron chi connectivity index (χ2n) is 3.78. The maximum Gasteiger partial charge on any atom is 0.177 e. The van der Waals surface area contributed by atoms with Gasteiger partial charge in [0.2, 0.25) is 0 Å². The van der Waals surface area contributed by atoms with Crippen molar-refractivity contribution in [2.24, 2.45) is 10.9 Å². The Morgan fingerprint density at radius 2 is 2.00 bits per heavy atom. The molecule has 1 heterocycles. The second kappa shape index (κ2) is 3.42. The zero-order valence-corrected chi connectivity index (χ0v) is 9.11. The molecule has 1 aliphatic heterocycles. The highest BCUT2D eigenvalue weighted by atomic mass is 35.5. The van der Waals surface area contributed by atoms with E-state index < -0.39 is 0 Å². The third-order valence-corrected chi connectivity index (χ3v) is 3.01. The number of Topliss-reactive ketones (excluding diaryl/α,β-unsaturated/α-hetero) is 1. The summed E-state index contributed by atoms with van der Waals surface area (Å²) < 4.78 is 0. The molecule has 0 radical (unpaired) electrons. The Kier molecular flexibility index (Phi) is 2.04. The number of benzene rings is 1. The van der Waals surface area contributed by atoms with E-state index >= 15 is 0 Å². The number of carbonyl (C=O) groups is 1. The topological polar surface area (TPSA) is 29.4 Å². The maximum atomic E-state index is 12.2. The van der Waals surface area contributed by atoms with Gasteiger partial charge < -0.3 is 0 Å². The van der Waals surface area contributed by atoms with Gasteiger partial charge in [-0.1, -0.05) is 23.7 Å². The Labute approximate surface area is 98.0 Å². The van der Waals surface area contributed by atoms with E-state index in [1.54, 1.807) is 24.3 Å². The number of nitrogens with zero attached hydrogens (tertiary/aromatic N) is 1. The lowest BCUT2D eigenvalue weighted by atomic mass is 9.87. The van der Waals surface area contributed by atoms with E-state index in [1.165, 1.54) is 0 Å². The molecule has 0 saturated carbocycles. The highest BCUT2D eigenvalue weighted by Gasteiger charge is 2.29. The third kappa shape index (κ3) is 1.34. The van der Waals surface area contributed by atoms with Crippen LogP contribution in [0.3, 0.4) is 0 Å². The van der Waals surface area contributed by atoms with Crippen LogP contribution in [0.25, 0.3) is 0 Å². The summed E-state index contributed by atoms with van der Waals surface area (Å²) in [5.74, 6) is -0.240. The standard InChI is InChI=1S/C13H8ClNO/c14-8-5-6-12-10(7-8)13(16)9-3-1-2-4-11(9)15-12/h1-7,10H. The van der Waals surface area contributed by atoms with Crippen LogP contribution in [0.1, 0.15) is 10.4 Å². The zero-order valence-electron chi connectivity index (χ0n) is 8.35. The van der Waals surface area contributed by atoms with Gasteiger partial charge in [-0.3, -0.25) is 9.79 Å². The van der Waals surface area contributed by atoms with E-state index in [-0.39, 0.29) is 11.7 Å². The molecule has 3 rings (SSSR count). The number of rotatable bonds is 0. The molecule has 0 N–H and O–H groups in total. The first-order valence-electron chi connectivity index (χ1n) is 5.03. The van der Waals surface area contributed by atoms with Crippen molar-refractivity contribution in [2.75, 3.05) is 0 Å². The average molecular weight is 230 g/mol. The summed E-state index contributed by atoms with van der Waals surface area (Å²) in [6, 6.07) is 7.38. The predicted molar refractivity (Wildman–Crippen MR) is 64.4 cm³/mol. The normalized spacial score (nSPS) is 22.1. The summed E-state index contributed by atoms with van der Waals surface area (Å²) in [5.41, 5.74) is 2.19. The SMILES string of the molecule is O=C1c2ccccc2N=C2C=CC(Cl)=CC12. The van der Waals surface area contributed by atoms with Crippen molar-refractivity contribution >= 4 is 28.8 Å². The molecule has 1 aliphatic carbocycles. The van der Waals surface area contributed by atoms with Gasteiger partial charge in [0.15, 0.2) is 5.78 Å². The molecule has 0 fully saturated rings. The minimum absolute atomic E-state index is 0.0723. The first-order chi connectivity index (χ1) is 7.75. The summed E-state index contributed by atoms with van der Waals surface area (Å²) in [5, 5.41) is 0.594. The maximum absolute atomic E-state index is 12.2. The lowest BCUT2D eigenvalue weighted by Gasteiger charge is -2.21. The Morgan fingerprint density at radius 1 is 1.19 bits per heavy atom. The molecular formula is C13H8ClNO. The highest BCUT2D eigenvalue weighted by molar-refractivity contribution is 6.34. The monoisotopic (exact) mass is 229 g/mol. The molecule has 16 heavy (non-hydrogen) atoms. The summed E-state index contributed by atoms with van der Waals surface area (Å²) in [6.07, 6.45) is 5.32. The number of ketones is 1. The quantitative estimate of drug-likeness (QED) is 0.671. The Balaban J connectivity index is 2.20. The van der Waals surface area contributed by atoms with E-state index in [9.17, 15) is 4.79 Å². The van der Waals surface area contributed by atoms with E-state index in [1.807, 2.05) is 18.2 Å². The Bertz CT molecular complexity index is 569. The molecule has 3 heteroatoms. The number of aliphatic imine (C=N–C) groups is 1. The molecule has 1 atom stereocenters. The largest absolute Gasteiger partial charge is 0.293 e. The zero-order chi connectivity index (χ0) is 11.1. The molecule has 0 aromatic heterocycles. The first-order valence-corrected chi connectivity index (χ1v) is 5.41. The molecule has 1 aromatic carbocycles. The van der Waals surface area contributed by atoms with Crippen molar-refractivity contribution in [2.45, 2.75) is 0 Å². The van der Waals surface area contributed by atoms with E-state index in [0.29, 0.717) is 10.6 Å². The van der Waals surface area contributed by atoms with E-state index in [4.69, 9.17) is 11.6 Å². The van der Waals surface area contributed by atoms with Crippen molar-refractivity contribution in [3.8, 4) is 0 Å². The molecule has 0 spiro atoms. The van der Waals surface area contributed by atoms with Gasteiger partial charge >= 0.3 is 0 Å². The fourth-order valence-corrected chi connectivity index (χ4v) is 2.16. The van der Waals surface area contributed by atoms with Crippen LogP contribution in [0, 0.1) is 5.92 Å². The van der Waals surface area contributed by atoms with Crippen molar-refractivity contribution in [3.05, 3.63) is 53.1 Å². The van der Waals surface area contributed by atoms with Gasteiger partial charge in [0.25, 0.3) is 0 Å². The van der Waals surface area contributed by atoms with Crippen molar-refractivity contribution < 1.29 is 4.79 Å². The summed E-state index contributed by atoms with van der Waals surface area (Å²) in [4.78, 5) is 16.6. The summed E-state index contributed by atoms with van der Waals surface area (Å²) >= 11 is 5.90. The van der Waals surface area contributed by atoms with Crippen LogP contribution in [0.5, 0.6) is 0 Å². The van der Waals surface area contributed by atoms with Gasteiger partial charge in [0.1, 0.15) is 0 Å². The van der Waals surface area contributed by atoms with Crippen LogP contribution >= 0.6 is 11.6 Å². The molecule has 0 saturated heterocycles. The molecule has 1 aromatic rings. The second-order valence-corrected chi connectivity index (χ2v) is 4.22. The predicted octanol–water partition coefficient (Wildman–Crippen LogP) is 3.26. The van der Waals surface area contributed by atoms with Crippen LogP contribution in [-0.2, 0) is 0 Å². The summed E-state index contributed by atoms with van der Waals surface area (Å²) in [6.45, 7) is 0.